The molecule has 0 saturated heterocycles. The summed E-state index contributed by atoms with van der Waals surface area (Å²) in [5, 5.41) is 10.5. The summed E-state index contributed by atoms with van der Waals surface area (Å²) >= 11 is 0. The van der Waals surface area contributed by atoms with Gasteiger partial charge < -0.3 is 9.84 Å². The molecule has 3 heteroatoms. The molecule has 1 atom stereocenters. The average Bonchev–Trinajstić information content (AvgIpc) is 2.53. The van der Waals surface area contributed by atoms with Crippen LogP contribution in [0, 0.1) is 6.92 Å². The molecule has 21 heavy (non-hydrogen) atoms. The van der Waals surface area contributed by atoms with Gasteiger partial charge in [0.1, 0.15) is 6.10 Å². The minimum absolute atomic E-state index is 0.220. The number of aliphatic hydroxyl groups is 1. The molecule has 108 valence electrons. The van der Waals surface area contributed by atoms with E-state index in [1.165, 1.54) is 7.11 Å². The second kappa shape index (κ2) is 6.86. The van der Waals surface area contributed by atoms with Crippen LogP contribution in [-0.2, 0) is 9.53 Å². The van der Waals surface area contributed by atoms with E-state index in [0.717, 1.165) is 11.1 Å². The van der Waals surface area contributed by atoms with Crippen LogP contribution in [0.25, 0.3) is 6.08 Å². The Bertz CT molecular complexity index is 645. The van der Waals surface area contributed by atoms with Gasteiger partial charge in [-0.1, -0.05) is 54.6 Å². The van der Waals surface area contributed by atoms with Crippen molar-refractivity contribution in [3.63, 3.8) is 0 Å². The predicted molar refractivity (Wildman–Crippen MR) is 82.6 cm³/mol. The molecule has 2 rings (SSSR count). The van der Waals surface area contributed by atoms with E-state index in [1.54, 1.807) is 18.2 Å². The van der Waals surface area contributed by atoms with Gasteiger partial charge >= 0.3 is 5.97 Å². The largest absolute Gasteiger partial charge is 0.466 e. The van der Waals surface area contributed by atoms with Crippen LogP contribution in [0.4, 0.5) is 0 Å². The number of hydrogen-bond acceptors (Lipinski definition) is 3. The first kappa shape index (κ1) is 15.0. The third-order valence-corrected chi connectivity index (χ3v) is 3.33. The number of aliphatic hydroxyl groups excluding tert-OH is 1. The Morgan fingerprint density at radius 2 is 1.71 bits per heavy atom. The van der Waals surface area contributed by atoms with Crippen LogP contribution in [0.3, 0.4) is 0 Å². The first-order valence-corrected chi connectivity index (χ1v) is 6.72. The first-order valence-electron chi connectivity index (χ1n) is 6.72. The van der Waals surface area contributed by atoms with Crippen molar-refractivity contribution in [2.45, 2.75) is 13.0 Å². The monoisotopic (exact) mass is 282 g/mol. The summed E-state index contributed by atoms with van der Waals surface area (Å²) in [6, 6.07) is 16.7. The number of benzene rings is 2. The fourth-order valence-electron chi connectivity index (χ4n) is 2.10. The van der Waals surface area contributed by atoms with Crippen molar-refractivity contribution in [2.75, 3.05) is 7.11 Å². The standard InChI is InChI=1S/C18H18O3/c1-13-8-6-7-11-15(13)12-16(18(20)21-2)17(19)14-9-4-3-5-10-14/h3-12,17,19H,1-2H3/b16-12+. The molecule has 0 aliphatic rings. The van der Waals surface area contributed by atoms with Crippen molar-refractivity contribution in [2.24, 2.45) is 0 Å². The van der Waals surface area contributed by atoms with Crippen molar-refractivity contribution >= 4 is 12.0 Å². The smallest absolute Gasteiger partial charge is 0.336 e. The number of hydrogen-bond donors (Lipinski definition) is 1. The fourth-order valence-corrected chi connectivity index (χ4v) is 2.10. The molecule has 0 aliphatic heterocycles. The number of methoxy groups -OCH3 is 1. The molecule has 1 unspecified atom stereocenters. The Morgan fingerprint density at radius 1 is 1.10 bits per heavy atom. The number of rotatable bonds is 4. The van der Waals surface area contributed by atoms with Gasteiger partial charge in [0.15, 0.2) is 0 Å². The minimum Gasteiger partial charge on any atom is -0.466 e. The Kier molecular flexibility index (Phi) is 4.90. The van der Waals surface area contributed by atoms with Crippen LogP contribution >= 0.6 is 0 Å². The van der Waals surface area contributed by atoms with Crippen molar-refractivity contribution in [3.05, 3.63) is 76.9 Å². The number of carbonyl (C=O) groups excluding carboxylic acids is 1. The van der Waals surface area contributed by atoms with Crippen molar-refractivity contribution in [3.8, 4) is 0 Å². The van der Waals surface area contributed by atoms with Crippen LogP contribution in [-0.4, -0.2) is 18.2 Å². The van der Waals surface area contributed by atoms with Gasteiger partial charge in [0.25, 0.3) is 0 Å². The summed E-state index contributed by atoms with van der Waals surface area (Å²) in [5.41, 5.74) is 2.78. The lowest BCUT2D eigenvalue weighted by Gasteiger charge is -2.14. The zero-order valence-electron chi connectivity index (χ0n) is 12.1. The van der Waals surface area contributed by atoms with Crippen LogP contribution in [0.1, 0.15) is 22.8 Å². The van der Waals surface area contributed by atoms with E-state index >= 15 is 0 Å². The normalized spacial score (nSPS) is 12.8. The van der Waals surface area contributed by atoms with Crippen LogP contribution in [0.15, 0.2) is 60.2 Å². The van der Waals surface area contributed by atoms with Gasteiger partial charge in [-0.2, -0.15) is 0 Å². The van der Waals surface area contributed by atoms with E-state index in [1.807, 2.05) is 49.4 Å². The number of ether oxygens (including phenoxy) is 1. The first-order chi connectivity index (χ1) is 10.1. The molecule has 0 aliphatic carbocycles. The molecule has 0 heterocycles. The van der Waals surface area contributed by atoms with Crippen LogP contribution < -0.4 is 0 Å². The lowest BCUT2D eigenvalue weighted by atomic mass is 9.98. The molecule has 0 amide bonds. The van der Waals surface area contributed by atoms with Crippen molar-refractivity contribution in [1.29, 1.82) is 0 Å². The highest BCUT2D eigenvalue weighted by molar-refractivity contribution is 5.95. The molecular formula is C18H18O3. The summed E-state index contributed by atoms with van der Waals surface area (Å²) in [4.78, 5) is 12.0. The average molecular weight is 282 g/mol. The van der Waals surface area contributed by atoms with Gasteiger partial charge in [-0.25, -0.2) is 4.79 Å². The summed E-state index contributed by atoms with van der Waals surface area (Å²) in [7, 11) is 1.31. The van der Waals surface area contributed by atoms with Gasteiger partial charge in [0.2, 0.25) is 0 Å². The highest BCUT2D eigenvalue weighted by Crippen LogP contribution is 2.25. The number of carbonyl (C=O) groups is 1. The maximum Gasteiger partial charge on any atom is 0.336 e. The minimum atomic E-state index is -1.02. The van der Waals surface area contributed by atoms with Gasteiger partial charge in [0.05, 0.1) is 12.7 Å². The lowest BCUT2D eigenvalue weighted by molar-refractivity contribution is -0.137. The molecule has 0 bridgehead atoms. The van der Waals surface area contributed by atoms with E-state index in [0.29, 0.717) is 5.56 Å². The molecule has 0 spiro atoms. The maximum absolute atomic E-state index is 12.0. The van der Waals surface area contributed by atoms with E-state index in [9.17, 15) is 9.90 Å². The Hall–Kier alpha value is -2.39. The molecule has 0 fully saturated rings. The third-order valence-electron chi connectivity index (χ3n) is 3.33. The van der Waals surface area contributed by atoms with Gasteiger partial charge in [0, 0.05) is 0 Å². The molecule has 2 aromatic carbocycles. The second-order valence-corrected chi connectivity index (χ2v) is 4.76. The Balaban J connectivity index is 2.45. The van der Waals surface area contributed by atoms with Gasteiger partial charge in [-0.15, -0.1) is 0 Å². The molecule has 1 N–H and O–H groups in total. The molecule has 0 aromatic heterocycles. The van der Waals surface area contributed by atoms with E-state index in [2.05, 4.69) is 0 Å². The zero-order chi connectivity index (χ0) is 15.2. The van der Waals surface area contributed by atoms with Crippen molar-refractivity contribution < 1.29 is 14.6 Å². The highest BCUT2D eigenvalue weighted by atomic mass is 16.5. The van der Waals surface area contributed by atoms with E-state index in [4.69, 9.17) is 4.74 Å². The fraction of sp³-hybridized carbons (Fsp3) is 0.167. The summed E-state index contributed by atoms with van der Waals surface area (Å²) in [6.07, 6.45) is 0.664. The van der Waals surface area contributed by atoms with Gasteiger partial charge in [-0.05, 0) is 29.7 Å². The molecule has 3 nitrogen and oxygen atoms in total. The lowest BCUT2D eigenvalue weighted by Crippen LogP contribution is -2.13. The summed E-state index contributed by atoms with van der Waals surface area (Å²) < 4.78 is 4.80. The molecule has 2 aromatic rings. The molecule has 0 saturated carbocycles. The highest BCUT2D eigenvalue weighted by Gasteiger charge is 2.21. The van der Waals surface area contributed by atoms with Crippen molar-refractivity contribution in [1.82, 2.24) is 0 Å². The van der Waals surface area contributed by atoms with E-state index in [-0.39, 0.29) is 5.57 Å². The summed E-state index contributed by atoms with van der Waals surface area (Å²) in [5.74, 6) is -0.533. The number of aryl methyl sites for hydroxylation is 1. The molecular weight excluding hydrogens is 264 g/mol. The quantitative estimate of drug-likeness (QED) is 0.691. The Morgan fingerprint density at radius 3 is 2.33 bits per heavy atom. The third kappa shape index (κ3) is 3.58. The summed E-state index contributed by atoms with van der Waals surface area (Å²) in [6.45, 7) is 1.95. The van der Waals surface area contributed by atoms with E-state index < -0.39 is 12.1 Å². The maximum atomic E-state index is 12.0. The van der Waals surface area contributed by atoms with Crippen LogP contribution in [0.5, 0.6) is 0 Å². The zero-order valence-corrected chi connectivity index (χ0v) is 12.1. The SMILES string of the molecule is COC(=O)/C(=C/c1ccccc1C)C(O)c1ccccc1. The van der Waals surface area contributed by atoms with Gasteiger partial charge in [-0.3, -0.25) is 0 Å². The topological polar surface area (TPSA) is 46.5 Å². The molecule has 0 radical (unpaired) electrons. The Labute approximate surface area is 124 Å². The van der Waals surface area contributed by atoms with Crippen LogP contribution in [0.2, 0.25) is 0 Å². The predicted octanol–water partition coefficient (Wildman–Crippen LogP) is 3.29. The second-order valence-electron chi connectivity index (χ2n) is 4.76. The number of esters is 1.